The maximum Gasteiger partial charge on any atom is 0.119 e. The lowest BCUT2D eigenvalue weighted by Gasteiger charge is -2.27. The highest BCUT2D eigenvalue weighted by molar-refractivity contribution is 5.43. The van der Waals surface area contributed by atoms with Gasteiger partial charge < -0.3 is 19.5 Å². The van der Waals surface area contributed by atoms with Gasteiger partial charge in [-0.15, -0.1) is 0 Å². The van der Waals surface area contributed by atoms with E-state index in [1.165, 1.54) is 66.6 Å². The van der Waals surface area contributed by atoms with Crippen LogP contribution in [0.25, 0.3) is 0 Å². The van der Waals surface area contributed by atoms with Crippen molar-refractivity contribution >= 4 is 0 Å². The van der Waals surface area contributed by atoms with Crippen LogP contribution in [0.15, 0.2) is 60.7 Å². The van der Waals surface area contributed by atoms with Crippen molar-refractivity contribution < 1.29 is 14.2 Å². The summed E-state index contributed by atoms with van der Waals surface area (Å²) >= 11 is 0. The Balaban J connectivity index is 1.14. The van der Waals surface area contributed by atoms with E-state index in [0.717, 1.165) is 62.8 Å². The molecule has 1 aliphatic heterocycles. The molecule has 0 bridgehead atoms. The molecule has 5 heteroatoms. The molecule has 0 saturated carbocycles. The van der Waals surface area contributed by atoms with Crippen LogP contribution in [-0.2, 0) is 25.9 Å². The molecule has 1 fully saturated rings. The van der Waals surface area contributed by atoms with Crippen molar-refractivity contribution in [1.82, 2.24) is 10.2 Å². The lowest BCUT2D eigenvalue weighted by molar-refractivity contribution is 0.214. The summed E-state index contributed by atoms with van der Waals surface area (Å²) in [6, 6.07) is 21.7. The molecule has 0 aromatic heterocycles. The third-order valence-electron chi connectivity index (χ3n) is 8.37. The van der Waals surface area contributed by atoms with Crippen molar-refractivity contribution in [2.45, 2.75) is 64.0 Å². The van der Waals surface area contributed by atoms with Gasteiger partial charge in [0.15, 0.2) is 0 Å². The van der Waals surface area contributed by atoms with Gasteiger partial charge in [0, 0.05) is 19.6 Å². The minimum atomic E-state index is 0.513. The fraction of sp³-hybridized carbons (Fsp3) is 0.471. The first-order chi connectivity index (χ1) is 19.2. The summed E-state index contributed by atoms with van der Waals surface area (Å²) in [4.78, 5) is 2.54. The third kappa shape index (κ3) is 7.55. The first kappa shape index (κ1) is 27.5. The van der Waals surface area contributed by atoms with E-state index >= 15 is 0 Å². The van der Waals surface area contributed by atoms with Gasteiger partial charge in [-0.1, -0.05) is 37.1 Å². The second kappa shape index (κ2) is 13.9. The van der Waals surface area contributed by atoms with E-state index in [9.17, 15) is 0 Å². The number of benzene rings is 3. The number of nitrogens with one attached hydrogen (secondary N) is 1. The summed E-state index contributed by atoms with van der Waals surface area (Å²) in [5.41, 5.74) is 6.88. The zero-order valence-corrected chi connectivity index (χ0v) is 23.7. The zero-order valence-electron chi connectivity index (χ0n) is 23.7. The molecule has 0 amide bonds. The number of rotatable bonds is 11. The molecule has 1 heterocycles. The molecule has 2 aliphatic rings. The molecule has 3 aromatic carbocycles. The van der Waals surface area contributed by atoms with Crippen LogP contribution in [0.4, 0.5) is 0 Å². The van der Waals surface area contributed by atoms with Gasteiger partial charge in [0.25, 0.3) is 0 Å². The van der Waals surface area contributed by atoms with Gasteiger partial charge >= 0.3 is 0 Å². The van der Waals surface area contributed by atoms with Crippen LogP contribution in [0.3, 0.4) is 0 Å². The molecular weight excluding hydrogens is 484 g/mol. The second-order valence-corrected chi connectivity index (χ2v) is 11.0. The van der Waals surface area contributed by atoms with E-state index in [0.29, 0.717) is 5.92 Å². The molecule has 0 radical (unpaired) electrons. The average Bonchev–Trinajstić information content (AvgIpc) is 3.26. The SMILES string of the molecule is COc1ccc2c(c1)CCC(c1ccc(OC)cc1CNCc1ccc(OCCN3CCCCCC3)cc1)C2. The largest absolute Gasteiger partial charge is 0.497 e. The number of likely N-dealkylation sites (tertiary alicyclic amines) is 1. The number of hydrogen-bond acceptors (Lipinski definition) is 5. The van der Waals surface area contributed by atoms with Crippen molar-refractivity contribution in [2.75, 3.05) is 40.5 Å². The Kier molecular flexibility index (Phi) is 9.79. The zero-order chi connectivity index (χ0) is 26.9. The summed E-state index contributed by atoms with van der Waals surface area (Å²) in [6.07, 6.45) is 8.69. The Morgan fingerprint density at radius 2 is 1.49 bits per heavy atom. The molecule has 0 spiro atoms. The van der Waals surface area contributed by atoms with Crippen molar-refractivity contribution in [3.63, 3.8) is 0 Å². The molecule has 1 N–H and O–H groups in total. The maximum atomic E-state index is 6.04. The second-order valence-electron chi connectivity index (χ2n) is 11.0. The number of ether oxygens (including phenoxy) is 3. The van der Waals surface area contributed by atoms with E-state index < -0.39 is 0 Å². The van der Waals surface area contributed by atoms with Gasteiger partial charge in [-0.25, -0.2) is 0 Å². The molecule has 1 saturated heterocycles. The van der Waals surface area contributed by atoms with Gasteiger partial charge in [0.05, 0.1) is 14.2 Å². The average molecular weight is 529 g/mol. The molecule has 3 aromatic rings. The number of aryl methyl sites for hydroxylation is 1. The van der Waals surface area contributed by atoms with Crippen molar-refractivity contribution in [2.24, 2.45) is 0 Å². The van der Waals surface area contributed by atoms with E-state index in [-0.39, 0.29) is 0 Å². The Morgan fingerprint density at radius 1 is 0.769 bits per heavy atom. The molecule has 1 unspecified atom stereocenters. The lowest BCUT2D eigenvalue weighted by atomic mass is 9.78. The molecule has 208 valence electrons. The third-order valence-corrected chi connectivity index (χ3v) is 8.37. The van der Waals surface area contributed by atoms with Crippen molar-refractivity contribution in [1.29, 1.82) is 0 Å². The first-order valence-corrected chi connectivity index (χ1v) is 14.7. The van der Waals surface area contributed by atoms with E-state index in [1.54, 1.807) is 14.2 Å². The highest BCUT2D eigenvalue weighted by Crippen LogP contribution is 2.36. The van der Waals surface area contributed by atoms with Crippen LogP contribution >= 0.6 is 0 Å². The fourth-order valence-electron chi connectivity index (χ4n) is 6.08. The monoisotopic (exact) mass is 528 g/mol. The van der Waals surface area contributed by atoms with Gasteiger partial charge in [-0.2, -0.15) is 0 Å². The lowest BCUT2D eigenvalue weighted by Crippen LogP contribution is -2.29. The Hall–Kier alpha value is -3.02. The van der Waals surface area contributed by atoms with Gasteiger partial charge in [0.1, 0.15) is 23.9 Å². The van der Waals surface area contributed by atoms with E-state index in [4.69, 9.17) is 14.2 Å². The Labute approximate surface area is 234 Å². The van der Waals surface area contributed by atoms with Gasteiger partial charge in [-0.05, 0) is 115 Å². The predicted octanol–water partition coefficient (Wildman–Crippen LogP) is 6.52. The minimum Gasteiger partial charge on any atom is -0.497 e. The molecular formula is C34H44N2O3. The number of fused-ring (bicyclic) bond motifs is 1. The van der Waals surface area contributed by atoms with Gasteiger partial charge in [-0.3, -0.25) is 4.90 Å². The first-order valence-electron chi connectivity index (χ1n) is 14.7. The molecule has 39 heavy (non-hydrogen) atoms. The van der Waals surface area contributed by atoms with E-state index in [1.807, 2.05) is 0 Å². The Morgan fingerprint density at radius 3 is 2.26 bits per heavy atom. The molecule has 1 atom stereocenters. The molecule has 5 nitrogen and oxygen atoms in total. The van der Waals surface area contributed by atoms with Crippen LogP contribution in [0.5, 0.6) is 17.2 Å². The van der Waals surface area contributed by atoms with Gasteiger partial charge in [0.2, 0.25) is 0 Å². The maximum absolute atomic E-state index is 6.04. The topological polar surface area (TPSA) is 43.0 Å². The van der Waals surface area contributed by atoms with Crippen LogP contribution in [0, 0.1) is 0 Å². The summed E-state index contributed by atoms with van der Waals surface area (Å²) in [5.74, 6) is 3.34. The highest BCUT2D eigenvalue weighted by atomic mass is 16.5. The number of methoxy groups -OCH3 is 2. The minimum absolute atomic E-state index is 0.513. The fourth-order valence-corrected chi connectivity index (χ4v) is 6.08. The summed E-state index contributed by atoms with van der Waals surface area (Å²) < 4.78 is 17.1. The van der Waals surface area contributed by atoms with Crippen molar-refractivity contribution in [3.8, 4) is 17.2 Å². The summed E-state index contributed by atoms with van der Waals surface area (Å²) in [6.45, 7) is 5.84. The Bertz CT molecular complexity index is 1190. The highest BCUT2D eigenvalue weighted by Gasteiger charge is 2.23. The van der Waals surface area contributed by atoms with Crippen LogP contribution < -0.4 is 19.5 Å². The quantitative estimate of drug-likeness (QED) is 0.307. The standard InChI is InChI=1S/C34H44N2O3/c1-37-32-14-11-27-21-29(10-9-28(27)22-32)34-16-15-33(38-2)23-30(34)25-35-24-26-7-12-31(13-8-26)39-20-19-36-17-5-3-4-6-18-36/h7-8,11-16,22-23,29,35H,3-6,9-10,17-21,24-25H2,1-2H3. The predicted molar refractivity (Wildman–Crippen MR) is 158 cm³/mol. The van der Waals surface area contributed by atoms with Crippen LogP contribution in [0.2, 0.25) is 0 Å². The molecule has 5 rings (SSSR count). The van der Waals surface area contributed by atoms with Crippen LogP contribution in [-0.4, -0.2) is 45.4 Å². The van der Waals surface area contributed by atoms with E-state index in [2.05, 4.69) is 70.9 Å². The van der Waals surface area contributed by atoms with Crippen LogP contribution in [0.1, 0.15) is 65.8 Å². The smallest absolute Gasteiger partial charge is 0.119 e. The number of nitrogens with zero attached hydrogens (tertiary/aromatic N) is 1. The summed E-state index contributed by atoms with van der Waals surface area (Å²) in [7, 11) is 3.48. The normalized spacial score (nSPS) is 17.7. The number of hydrogen-bond donors (Lipinski definition) is 1. The molecule has 1 aliphatic carbocycles. The van der Waals surface area contributed by atoms with Crippen molar-refractivity contribution in [3.05, 3.63) is 88.5 Å². The summed E-state index contributed by atoms with van der Waals surface area (Å²) in [5, 5.41) is 3.67.